The fourth-order valence-corrected chi connectivity index (χ4v) is 3.05. The molecule has 0 aromatic heterocycles. The number of hydrogen-bond donors (Lipinski definition) is 1. The number of methoxy groups -OCH3 is 1. The molecule has 2 rings (SSSR count). The molecule has 19 heavy (non-hydrogen) atoms. The SMILES string of the molecule is COC(C1CCCCC1)C(N)c1cccc(F)c1F. The van der Waals surface area contributed by atoms with Crippen molar-refractivity contribution in [3.05, 3.63) is 35.4 Å². The maximum Gasteiger partial charge on any atom is 0.163 e. The minimum Gasteiger partial charge on any atom is -0.379 e. The highest BCUT2D eigenvalue weighted by Crippen LogP contribution is 2.33. The Morgan fingerprint density at radius 2 is 1.89 bits per heavy atom. The average Bonchev–Trinajstić information content (AvgIpc) is 2.44. The van der Waals surface area contributed by atoms with Gasteiger partial charge in [-0.25, -0.2) is 8.78 Å². The van der Waals surface area contributed by atoms with Gasteiger partial charge in [0.1, 0.15) is 0 Å². The van der Waals surface area contributed by atoms with E-state index in [1.807, 2.05) is 0 Å². The van der Waals surface area contributed by atoms with E-state index in [-0.39, 0.29) is 11.7 Å². The molecule has 1 aromatic rings. The maximum absolute atomic E-state index is 13.8. The summed E-state index contributed by atoms with van der Waals surface area (Å²) in [6.07, 6.45) is 5.38. The Morgan fingerprint density at radius 1 is 1.21 bits per heavy atom. The van der Waals surface area contributed by atoms with Gasteiger partial charge in [-0.3, -0.25) is 0 Å². The van der Waals surface area contributed by atoms with Crippen LogP contribution in [0.2, 0.25) is 0 Å². The van der Waals surface area contributed by atoms with Crippen molar-refractivity contribution in [3.8, 4) is 0 Å². The predicted octanol–water partition coefficient (Wildman–Crippen LogP) is 3.56. The highest BCUT2D eigenvalue weighted by Gasteiger charge is 2.31. The van der Waals surface area contributed by atoms with Gasteiger partial charge in [0.2, 0.25) is 0 Å². The van der Waals surface area contributed by atoms with Crippen molar-refractivity contribution in [1.29, 1.82) is 0 Å². The van der Waals surface area contributed by atoms with Crippen LogP contribution in [-0.4, -0.2) is 13.2 Å². The maximum atomic E-state index is 13.8. The standard InChI is InChI=1S/C15H21F2NO/c1-19-15(10-6-3-2-4-7-10)14(18)11-8-5-9-12(16)13(11)17/h5,8-10,14-15H,2-4,6-7,18H2,1H3. The fourth-order valence-electron chi connectivity index (χ4n) is 3.05. The molecule has 0 saturated heterocycles. The van der Waals surface area contributed by atoms with Crippen LogP contribution in [0, 0.1) is 17.6 Å². The second kappa shape index (κ2) is 6.44. The average molecular weight is 269 g/mol. The van der Waals surface area contributed by atoms with Gasteiger partial charge < -0.3 is 10.5 Å². The van der Waals surface area contributed by atoms with E-state index < -0.39 is 17.7 Å². The lowest BCUT2D eigenvalue weighted by Gasteiger charge is -2.33. The molecule has 1 saturated carbocycles. The van der Waals surface area contributed by atoms with Crippen LogP contribution in [0.15, 0.2) is 18.2 Å². The number of ether oxygens (including phenoxy) is 1. The van der Waals surface area contributed by atoms with E-state index in [0.29, 0.717) is 5.92 Å². The lowest BCUT2D eigenvalue weighted by atomic mass is 9.81. The largest absolute Gasteiger partial charge is 0.379 e. The van der Waals surface area contributed by atoms with Crippen LogP contribution in [0.1, 0.15) is 43.7 Å². The summed E-state index contributed by atoms with van der Waals surface area (Å²) < 4.78 is 32.6. The molecule has 0 amide bonds. The molecule has 2 atom stereocenters. The lowest BCUT2D eigenvalue weighted by molar-refractivity contribution is 0.0164. The Labute approximate surface area is 112 Å². The molecule has 2 unspecified atom stereocenters. The molecule has 0 bridgehead atoms. The zero-order chi connectivity index (χ0) is 13.8. The second-order valence-electron chi connectivity index (χ2n) is 5.27. The Morgan fingerprint density at radius 3 is 2.53 bits per heavy atom. The zero-order valence-corrected chi connectivity index (χ0v) is 11.2. The Kier molecular flexibility index (Phi) is 4.88. The van der Waals surface area contributed by atoms with Crippen molar-refractivity contribution in [2.24, 2.45) is 11.7 Å². The topological polar surface area (TPSA) is 35.2 Å². The van der Waals surface area contributed by atoms with E-state index >= 15 is 0 Å². The van der Waals surface area contributed by atoms with Crippen LogP contribution in [0.5, 0.6) is 0 Å². The van der Waals surface area contributed by atoms with Crippen molar-refractivity contribution in [3.63, 3.8) is 0 Å². The molecule has 106 valence electrons. The van der Waals surface area contributed by atoms with Gasteiger partial charge in [-0.2, -0.15) is 0 Å². The Balaban J connectivity index is 2.19. The van der Waals surface area contributed by atoms with Gasteiger partial charge in [0.15, 0.2) is 11.6 Å². The molecule has 1 fully saturated rings. The van der Waals surface area contributed by atoms with Crippen molar-refractivity contribution < 1.29 is 13.5 Å². The summed E-state index contributed by atoms with van der Waals surface area (Å²) in [7, 11) is 1.59. The Bertz CT molecular complexity index is 419. The zero-order valence-electron chi connectivity index (χ0n) is 11.2. The summed E-state index contributed by atoms with van der Waals surface area (Å²) in [4.78, 5) is 0. The summed E-state index contributed by atoms with van der Waals surface area (Å²) in [5.41, 5.74) is 6.32. The minimum absolute atomic E-state index is 0.206. The fraction of sp³-hybridized carbons (Fsp3) is 0.600. The van der Waals surface area contributed by atoms with E-state index in [9.17, 15) is 8.78 Å². The molecular formula is C15H21F2NO. The van der Waals surface area contributed by atoms with Crippen LogP contribution in [0.3, 0.4) is 0 Å². The van der Waals surface area contributed by atoms with Gasteiger partial charge in [0.25, 0.3) is 0 Å². The van der Waals surface area contributed by atoms with Crippen molar-refractivity contribution in [2.45, 2.75) is 44.2 Å². The number of rotatable bonds is 4. The van der Waals surface area contributed by atoms with Crippen LogP contribution < -0.4 is 5.73 Å². The Hall–Kier alpha value is -1.00. The third-order valence-corrected chi connectivity index (χ3v) is 4.08. The summed E-state index contributed by atoms with van der Waals surface area (Å²) >= 11 is 0. The van der Waals surface area contributed by atoms with E-state index in [0.717, 1.165) is 31.7 Å². The quantitative estimate of drug-likeness (QED) is 0.907. The highest BCUT2D eigenvalue weighted by molar-refractivity contribution is 5.23. The summed E-state index contributed by atoms with van der Waals surface area (Å²) in [5.74, 6) is -1.38. The van der Waals surface area contributed by atoms with Gasteiger partial charge in [-0.1, -0.05) is 31.4 Å². The summed E-state index contributed by atoms with van der Waals surface area (Å²) in [6, 6.07) is 3.51. The number of hydrogen-bond acceptors (Lipinski definition) is 2. The first kappa shape index (κ1) is 14.4. The molecule has 0 radical (unpaired) electrons. The first-order chi connectivity index (χ1) is 9.15. The molecule has 0 spiro atoms. The second-order valence-corrected chi connectivity index (χ2v) is 5.27. The molecular weight excluding hydrogens is 248 g/mol. The molecule has 4 heteroatoms. The summed E-state index contributed by atoms with van der Waals surface area (Å²) in [6.45, 7) is 0. The van der Waals surface area contributed by atoms with Crippen molar-refractivity contribution in [2.75, 3.05) is 7.11 Å². The number of halogens is 2. The minimum atomic E-state index is -0.855. The van der Waals surface area contributed by atoms with Crippen molar-refractivity contribution in [1.82, 2.24) is 0 Å². The smallest absolute Gasteiger partial charge is 0.163 e. The van der Waals surface area contributed by atoms with Gasteiger partial charge in [-0.15, -0.1) is 0 Å². The van der Waals surface area contributed by atoms with E-state index in [2.05, 4.69) is 0 Å². The number of benzene rings is 1. The van der Waals surface area contributed by atoms with Gasteiger partial charge in [0, 0.05) is 12.7 Å². The predicted molar refractivity (Wildman–Crippen MR) is 70.7 cm³/mol. The third kappa shape index (κ3) is 3.12. The highest BCUT2D eigenvalue weighted by atomic mass is 19.2. The summed E-state index contributed by atoms with van der Waals surface area (Å²) in [5, 5.41) is 0. The molecule has 1 aliphatic rings. The van der Waals surface area contributed by atoms with Crippen LogP contribution in [-0.2, 0) is 4.74 Å². The third-order valence-electron chi connectivity index (χ3n) is 4.08. The first-order valence-corrected chi connectivity index (χ1v) is 6.87. The first-order valence-electron chi connectivity index (χ1n) is 6.87. The van der Waals surface area contributed by atoms with Gasteiger partial charge >= 0.3 is 0 Å². The molecule has 2 nitrogen and oxygen atoms in total. The normalized spacial score (nSPS) is 20.2. The van der Waals surface area contributed by atoms with E-state index in [1.165, 1.54) is 18.6 Å². The van der Waals surface area contributed by atoms with Gasteiger partial charge in [0.05, 0.1) is 12.1 Å². The number of nitrogens with two attached hydrogens (primary N) is 1. The van der Waals surface area contributed by atoms with Crippen molar-refractivity contribution >= 4 is 0 Å². The van der Waals surface area contributed by atoms with E-state index in [1.54, 1.807) is 7.11 Å². The monoisotopic (exact) mass is 269 g/mol. The van der Waals surface area contributed by atoms with Crippen LogP contribution in [0.25, 0.3) is 0 Å². The molecule has 1 aromatic carbocycles. The van der Waals surface area contributed by atoms with Crippen LogP contribution in [0.4, 0.5) is 8.78 Å². The molecule has 1 aliphatic carbocycles. The lowest BCUT2D eigenvalue weighted by Crippen LogP contribution is -2.36. The van der Waals surface area contributed by atoms with E-state index in [4.69, 9.17) is 10.5 Å². The van der Waals surface area contributed by atoms with Gasteiger partial charge in [-0.05, 0) is 24.8 Å². The molecule has 2 N–H and O–H groups in total. The van der Waals surface area contributed by atoms with Crippen LogP contribution >= 0.6 is 0 Å². The molecule has 0 heterocycles. The molecule has 0 aliphatic heterocycles.